The highest BCUT2D eigenvalue weighted by atomic mass is 35.5. The Hall–Kier alpha value is -1.19. The van der Waals surface area contributed by atoms with Crippen molar-refractivity contribution in [2.45, 2.75) is 50.6 Å². The molecule has 1 amide bonds. The van der Waals surface area contributed by atoms with Gasteiger partial charge >= 0.3 is 0 Å². The van der Waals surface area contributed by atoms with Gasteiger partial charge in [0.15, 0.2) is 0 Å². The first-order valence-corrected chi connectivity index (χ1v) is 12.1. The first kappa shape index (κ1) is 26.4. The number of anilines is 1. The molecule has 0 aromatic carbocycles. The summed E-state index contributed by atoms with van der Waals surface area (Å²) in [6.07, 6.45) is 9.86. The van der Waals surface area contributed by atoms with E-state index in [9.17, 15) is 4.79 Å². The van der Waals surface area contributed by atoms with Crippen LogP contribution in [0.4, 0.5) is 5.95 Å². The van der Waals surface area contributed by atoms with Crippen LogP contribution in [0.3, 0.4) is 0 Å². The fourth-order valence-corrected chi connectivity index (χ4v) is 6.18. The van der Waals surface area contributed by atoms with Crippen LogP contribution < -0.4 is 15.5 Å². The second kappa shape index (κ2) is 12.0. The van der Waals surface area contributed by atoms with Crippen LogP contribution in [0.1, 0.15) is 38.5 Å². The lowest BCUT2D eigenvalue weighted by Crippen LogP contribution is -2.61. The second-order valence-corrected chi connectivity index (χ2v) is 9.68. The SMILES string of the molecule is Cl.Cl.O=C(NC1CCN(c2ncccn2)CC1)[C@@]12CC[C@@H](N3CCOCC3)C[C@H]1CCNC2. The Morgan fingerprint density at radius 1 is 1.06 bits per heavy atom. The predicted octanol–water partition coefficient (Wildman–Crippen LogP) is 1.89. The molecule has 4 aliphatic rings. The van der Waals surface area contributed by atoms with E-state index in [-0.39, 0.29) is 36.3 Å². The van der Waals surface area contributed by atoms with Gasteiger partial charge in [-0.1, -0.05) is 0 Å². The van der Waals surface area contributed by atoms with E-state index < -0.39 is 0 Å². The Bertz CT molecular complexity index is 746. The van der Waals surface area contributed by atoms with Crippen LogP contribution >= 0.6 is 24.8 Å². The number of nitrogens with zero attached hydrogens (tertiary/aromatic N) is 4. The average molecular weight is 502 g/mol. The number of hydrogen-bond acceptors (Lipinski definition) is 7. The smallest absolute Gasteiger partial charge is 0.228 e. The second-order valence-electron chi connectivity index (χ2n) is 9.68. The van der Waals surface area contributed by atoms with Crippen LogP contribution in [0.5, 0.6) is 0 Å². The van der Waals surface area contributed by atoms with Gasteiger partial charge in [0.1, 0.15) is 0 Å². The molecule has 0 bridgehead atoms. The molecule has 8 nitrogen and oxygen atoms in total. The summed E-state index contributed by atoms with van der Waals surface area (Å²) in [6.45, 7) is 7.42. The molecule has 3 aliphatic heterocycles. The fourth-order valence-electron chi connectivity index (χ4n) is 6.18. The van der Waals surface area contributed by atoms with E-state index in [1.54, 1.807) is 12.4 Å². The zero-order chi connectivity index (χ0) is 21.1. The minimum atomic E-state index is -0.235. The zero-order valence-electron chi connectivity index (χ0n) is 19.3. The fraction of sp³-hybridized carbons (Fsp3) is 0.783. The molecule has 4 fully saturated rings. The molecule has 0 unspecified atom stereocenters. The van der Waals surface area contributed by atoms with Crippen molar-refractivity contribution >= 4 is 36.7 Å². The molecule has 4 heterocycles. The Balaban J connectivity index is 0.00000153. The number of rotatable bonds is 4. The molecule has 5 rings (SSSR count). The first-order chi connectivity index (χ1) is 15.2. The molecule has 1 saturated carbocycles. The number of fused-ring (bicyclic) bond motifs is 1. The van der Waals surface area contributed by atoms with E-state index in [4.69, 9.17) is 4.74 Å². The van der Waals surface area contributed by atoms with E-state index in [0.717, 1.165) is 97.0 Å². The summed E-state index contributed by atoms with van der Waals surface area (Å²) >= 11 is 0. The van der Waals surface area contributed by atoms with Crippen LogP contribution in [0.15, 0.2) is 18.5 Å². The van der Waals surface area contributed by atoms with Crippen molar-refractivity contribution in [1.82, 2.24) is 25.5 Å². The highest BCUT2D eigenvalue weighted by Gasteiger charge is 2.51. The topological polar surface area (TPSA) is 82.6 Å². The quantitative estimate of drug-likeness (QED) is 0.652. The van der Waals surface area contributed by atoms with Gasteiger partial charge in [-0.25, -0.2) is 9.97 Å². The van der Waals surface area contributed by atoms with Gasteiger partial charge in [-0.15, -0.1) is 24.8 Å². The number of amides is 1. The summed E-state index contributed by atoms with van der Waals surface area (Å²) in [6, 6.07) is 2.71. The number of ether oxygens (including phenoxy) is 1. The maximum Gasteiger partial charge on any atom is 0.228 e. The van der Waals surface area contributed by atoms with Crippen LogP contribution in [-0.2, 0) is 9.53 Å². The van der Waals surface area contributed by atoms with Gasteiger partial charge in [-0.3, -0.25) is 9.69 Å². The maximum absolute atomic E-state index is 13.6. The van der Waals surface area contributed by atoms with Gasteiger partial charge in [0, 0.05) is 57.2 Å². The van der Waals surface area contributed by atoms with E-state index in [1.807, 2.05) is 6.07 Å². The van der Waals surface area contributed by atoms with Crippen LogP contribution in [0.2, 0.25) is 0 Å². The third kappa shape index (κ3) is 5.73. The van der Waals surface area contributed by atoms with E-state index in [1.165, 1.54) is 0 Å². The molecule has 33 heavy (non-hydrogen) atoms. The molecule has 0 spiro atoms. The highest BCUT2D eigenvalue weighted by Crippen LogP contribution is 2.46. The molecule has 10 heteroatoms. The van der Waals surface area contributed by atoms with Crippen molar-refractivity contribution in [3.05, 3.63) is 18.5 Å². The van der Waals surface area contributed by atoms with E-state index in [0.29, 0.717) is 17.9 Å². The van der Waals surface area contributed by atoms with Crippen molar-refractivity contribution in [1.29, 1.82) is 0 Å². The molecular formula is C23H38Cl2N6O2. The molecule has 3 atom stereocenters. The molecule has 1 aromatic heterocycles. The molecule has 186 valence electrons. The van der Waals surface area contributed by atoms with Crippen LogP contribution in [0, 0.1) is 11.3 Å². The van der Waals surface area contributed by atoms with Gasteiger partial charge < -0.3 is 20.3 Å². The minimum absolute atomic E-state index is 0. The Labute approximate surface area is 209 Å². The summed E-state index contributed by atoms with van der Waals surface area (Å²) in [7, 11) is 0. The van der Waals surface area contributed by atoms with Gasteiger partial charge in [-0.2, -0.15) is 0 Å². The minimum Gasteiger partial charge on any atom is -0.379 e. The number of morpholine rings is 1. The van der Waals surface area contributed by atoms with Crippen molar-refractivity contribution < 1.29 is 9.53 Å². The number of halogens is 2. The van der Waals surface area contributed by atoms with Gasteiger partial charge in [0.25, 0.3) is 0 Å². The van der Waals surface area contributed by atoms with Crippen molar-refractivity contribution in [3.63, 3.8) is 0 Å². The largest absolute Gasteiger partial charge is 0.379 e. The first-order valence-electron chi connectivity index (χ1n) is 12.1. The van der Waals surface area contributed by atoms with Crippen molar-refractivity contribution in [3.8, 4) is 0 Å². The standard InChI is InChI=1S/C23H36N6O2.2ClH/c30-21(27-19-4-10-29(11-5-19)22-25-7-1-8-26-22)23-6-2-20(28-12-14-31-15-13-28)16-18(23)3-9-24-17-23;;/h1,7-8,18-20,24H,2-6,9-17H2,(H,27,30);2*1H/t18-,20-,23-;;/m1../s1. The number of carbonyl (C=O) groups is 1. The Morgan fingerprint density at radius 2 is 1.79 bits per heavy atom. The summed E-state index contributed by atoms with van der Waals surface area (Å²) in [5, 5.41) is 7.01. The van der Waals surface area contributed by atoms with Gasteiger partial charge in [0.2, 0.25) is 11.9 Å². The van der Waals surface area contributed by atoms with Crippen molar-refractivity contribution in [2.24, 2.45) is 11.3 Å². The van der Waals surface area contributed by atoms with E-state index >= 15 is 0 Å². The number of aromatic nitrogens is 2. The van der Waals surface area contributed by atoms with Gasteiger partial charge in [0.05, 0.1) is 18.6 Å². The Morgan fingerprint density at radius 3 is 2.52 bits per heavy atom. The average Bonchev–Trinajstić information content (AvgIpc) is 2.85. The lowest BCUT2D eigenvalue weighted by atomic mass is 9.61. The lowest BCUT2D eigenvalue weighted by molar-refractivity contribution is -0.141. The maximum atomic E-state index is 13.6. The van der Waals surface area contributed by atoms with E-state index in [2.05, 4.69) is 30.4 Å². The zero-order valence-corrected chi connectivity index (χ0v) is 20.9. The Kier molecular flexibility index (Phi) is 9.59. The highest BCUT2D eigenvalue weighted by molar-refractivity contribution is 5.85. The molecule has 1 aliphatic carbocycles. The normalized spacial score (nSPS) is 31.0. The molecule has 1 aromatic rings. The third-order valence-electron chi connectivity index (χ3n) is 8.05. The number of piperidine rings is 2. The predicted molar refractivity (Wildman–Crippen MR) is 133 cm³/mol. The number of carbonyl (C=O) groups excluding carboxylic acids is 1. The molecule has 0 radical (unpaired) electrons. The number of nitrogens with one attached hydrogen (secondary N) is 2. The third-order valence-corrected chi connectivity index (χ3v) is 8.05. The monoisotopic (exact) mass is 500 g/mol. The summed E-state index contributed by atoms with van der Waals surface area (Å²) in [4.78, 5) is 27.2. The molecule has 3 saturated heterocycles. The van der Waals surface area contributed by atoms with Crippen molar-refractivity contribution in [2.75, 3.05) is 57.4 Å². The lowest BCUT2D eigenvalue weighted by Gasteiger charge is -2.51. The molecular weight excluding hydrogens is 463 g/mol. The summed E-state index contributed by atoms with van der Waals surface area (Å²) in [5.41, 5.74) is -0.235. The summed E-state index contributed by atoms with van der Waals surface area (Å²) < 4.78 is 5.55. The van der Waals surface area contributed by atoms with Crippen LogP contribution in [-0.4, -0.2) is 85.3 Å². The molecule has 2 N–H and O–H groups in total. The van der Waals surface area contributed by atoms with Gasteiger partial charge in [-0.05, 0) is 57.1 Å². The number of hydrogen-bond donors (Lipinski definition) is 2. The summed E-state index contributed by atoms with van der Waals surface area (Å²) in [5.74, 6) is 1.57. The van der Waals surface area contributed by atoms with Crippen LogP contribution in [0.25, 0.3) is 0 Å².